The number of fused-ring (bicyclic) bond motifs is 1. The molecule has 39 heavy (non-hydrogen) atoms. The lowest BCUT2D eigenvalue weighted by molar-refractivity contribution is -0.113. The lowest BCUT2D eigenvalue weighted by Crippen LogP contribution is -2.30. The van der Waals surface area contributed by atoms with Crippen LogP contribution in [0.25, 0.3) is 11.6 Å². The first kappa shape index (κ1) is 26.6. The fraction of sp³-hybridized carbons (Fsp3) is 0.370. The zero-order valence-electron chi connectivity index (χ0n) is 22.1. The summed E-state index contributed by atoms with van der Waals surface area (Å²) in [4.78, 5) is 43.8. The number of carbonyl (C=O) groups excluding carboxylic acids is 2. The van der Waals surface area contributed by atoms with E-state index in [1.807, 2.05) is 13.8 Å². The molecule has 0 aliphatic carbocycles. The number of anilines is 2. The van der Waals surface area contributed by atoms with Gasteiger partial charge in [0.15, 0.2) is 5.82 Å². The monoisotopic (exact) mass is 550 g/mol. The summed E-state index contributed by atoms with van der Waals surface area (Å²) in [7, 11) is 1.60. The number of hydrogen-bond acceptors (Lipinski definition) is 8. The molecule has 12 heteroatoms. The van der Waals surface area contributed by atoms with E-state index in [1.165, 1.54) is 11.3 Å². The van der Waals surface area contributed by atoms with Crippen LogP contribution in [-0.4, -0.2) is 58.0 Å². The normalized spacial score (nSPS) is 17.6. The number of pyridine rings is 1. The van der Waals surface area contributed by atoms with Crippen molar-refractivity contribution in [2.24, 2.45) is 0 Å². The number of ether oxygens (including phenoxy) is 1. The zero-order chi connectivity index (χ0) is 27.7. The maximum absolute atomic E-state index is 13.7. The van der Waals surface area contributed by atoms with Crippen molar-refractivity contribution in [1.29, 1.82) is 0 Å². The van der Waals surface area contributed by atoms with Gasteiger partial charge in [-0.2, -0.15) is 4.98 Å². The molecule has 3 aromatic heterocycles. The number of nitrogen functional groups attached to an aromatic ring is 1. The third-order valence-corrected chi connectivity index (χ3v) is 7.40. The molecular formula is C27H31ClN8O3. The first-order valence-corrected chi connectivity index (χ1v) is 13.2. The van der Waals surface area contributed by atoms with Gasteiger partial charge in [-0.05, 0) is 51.8 Å². The van der Waals surface area contributed by atoms with Gasteiger partial charge in [0.05, 0.1) is 36.0 Å². The highest BCUT2D eigenvalue weighted by molar-refractivity contribution is 6.41. The summed E-state index contributed by atoms with van der Waals surface area (Å²) in [5.74, 6) is 0.444. The number of carbonyl (C=O) groups is 2. The fourth-order valence-electron chi connectivity index (χ4n) is 5.12. The maximum atomic E-state index is 13.7. The molecule has 0 bridgehead atoms. The smallest absolute Gasteiger partial charge is 0.260 e. The Morgan fingerprint density at radius 3 is 2.92 bits per heavy atom. The van der Waals surface area contributed by atoms with Crippen molar-refractivity contribution >= 4 is 46.8 Å². The fourth-order valence-corrected chi connectivity index (χ4v) is 5.39. The van der Waals surface area contributed by atoms with Crippen molar-refractivity contribution in [1.82, 2.24) is 30.6 Å². The Labute approximate surface area is 231 Å². The van der Waals surface area contributed by atoms with Gasteiger partial charge in [-0.3, -0.25) is 19.5 Å². The van der Waals surface area contributed by atoms with Crippen LogP contribution in [0.15, 0.2) is 18.5 Å². The van der Waals surface area contributed by atoms with Crippen LogP contribution in [-0.2, 0) is 11.3 Å². The van der Waals surface area contributed by atoms with Crippen LogP contribution in [0.3, 0.4) is 0 Å². The molecule has 0 radical (unpaired) electrons. The molecule has 1 saturated heterocycles. The Kier molecular flexibility index (Phi) is 7.53. The second-order valence-corrected chi connectivity index (χ2v) is 10.1. The molecule has 3 aromatic rings. The van der Waals surface area contributed by atoms with Crippen molar-refractivity contribution in [3.8, 4) is 5.75 Å². The molecule has 1 fully saturated rings. The summed E-state index contributed by atoms with van der Waals surface area (Å²) in [5, 5.41) is 6.45. The van der Waals surface area contributed by atoms with Gasteiger partial charge >= 0.3 is 0 Å². The van der Waals surface area contributed by atoms with E-state index in [0.29, 0.717) is 46.7 Å². The Hall–Kier alpha value is -3.96. The Bertz CT molecular complexity index is 1460. The molecule has 2 aliphatic heterocycles. The molecule has 11 nitrogen and oxygen atoms in total. The highest BCUT2D eigenvalue weighted by Gasteiger charge is 2.37. The van der Waals surface area contributed by atoms with Crippen LogP contribution in [0.5, 0.6) is 5.75 Å². The van der Waals surface area contributed by atoms with Crippen LogP contribution >= 0.6 is 11.6 Å². The molecule has 5 N–H and O–H groups in total. The standard InChI is InChI=1S/C27H31ClN8O3/c1-14-11-33-20(15(2)22(14)39-3)13-36-24-21(23(28)34-27(29)35-24)19(26(36)38)10-18-9-16(12-32-18)25(37)31-8-6-17-5-4-7-30-17/h9-12,17,30,32H,4-8,13H2,1-3H3,(H,31,37)(H2,29,34,35). The minimum absolute atomic E-state index is 0.0457. The molecule has 5 heterocycles. The summed E-state index contributed by atoms with van der Waals surface area (Å²) < 4.78 is 5.53. The number of rotatable bonds is 8. The molecule has 204 valence electrons. The second-order valence-electron chi connectivity index (χ2n) is 9.75. The lowest BCUT2D eigenvalue weighted by Gasteiger charge is -2.19. The highest BCUT2D eigenvalue weighted by atomic mass is 35.5. The van der Waals surface area contributed by atoms with Gasteiger partial charge in [0.1, 0.15) is 10.9 Å². The molecule has 0 saturated carbocycles. The van der Waals surface area contributed by atoms with Crippen molar-refractivity contribution < 1.29 is 14.3 Å². The number of aryl methyl sites for hydroxylation is 1. The average molecular weight is 551 g/mol. The Morgan fingerprint density at radius 2 is 2.18 bits per heavy atom. The van der Waals surface area contributed by atoms with Gasteiger partial charge in [-0.15, -0.1) is 0 Å². The first-order chi connectivity index (χ1) is 18.8. The van der Waals surface area contributed by atoms with Gasteiger partial charge in [-0.25, -0.2) is 4.98 Å². The largest absolute Gasteiger partial charge is 0.496 e. The number of aromatic nitrogens is 4. The van der Waals surface area contributed by atoms with Gasteiger partial charge in [0, 0.05) is 41.8 Å². The van der Waals surface area contributed by atoms with Crippen LogP contribution in [0.4, 0.5) is 11.8 Å². The maximum Gasteiger partial charge on any atom is 0.260 e. The van der Waals surface area contributed by atoms with Gasteiger partial charge in [0.25, 0.3) is 11.8 Å². The number of nitrogens with two attached hydrogens (primary N) is 1. The molecule has 1 unspecified atom stereocenters. The van der Waals surface area contributed by atoms with Crippen LogP contribution in [0.1, 0.15) is 57.7 Å². The highest BCUT2D eigenvalue weighted by Crippen LogP contribution is 2.41. The topological polar surface area (TPSA) is 151 Å². The van der Waals surface area contributed by atoms with E-state index in [2.05, 4.69) is 30.6 Å². The van der Waals surface area contributed by atoms with Crippen LogP contribution in [0.2, 0.25) is 5.15 Å². The number of aromatic amines is 1. The van der Waals surface area contributed by atoms with E-state index in [-0.39, 0.29) is 35.0 Å². The van der Waals surface area contributed by atoms with Crippen molar-refractivity contribution in [2.45, 2.75) is 45.7 Å². The van der Waals surface area contributed by atoms with Gasteiger partial charge in [-0.1, -0.05) is 11.6 Å². The summed E-state index contributed by atoms with van der Waals surface area (Å²) in [6.45, 7) is 5.55. The summed E-state index contributed by atoms with van der Waals surface area (Å²) >= 11 is 6.47. The Morgan fingerprint density at radius 1 is 1.36 bits per heavy atom. The Balaban J connectivity index is 1.40. The SMILES string of the molecule is COc1c(C)cnc(CN2C(=O)C(=Cc3cc(C(=O)NCCC4CCCN4)c[nH]3)c3c(Cl)nc(N)nc32)c1C. The third-order valence-electron chi connectivity index (χ3n) is 7.13. The third kappa shape index (κ3) is 5.32. The quantitative estimate of drug-likeness (QED) is 0.247. The van der Waals surface area contributed by atoms with E-state index in [4.69, 9.17) is 22.1 Å². The second kappa shape index (κ2) is 11.0. The minimum atomic E-state index is -0.336. The van der Waals surface area contributed by atoms with Crippen LogP contribution < -0.4 is 26.0 Å². The number of hydrogen-bond donors (Lipinski definition) is 4. The van der Waals surface area contributed by atoms with Crippen molar-refractivity contribution in [3.05, 3.63) is 57.3 Å². The van der Waals surface area contributed by atoms with Crippen molar-refractivity contribution in [2.75, 3.05) is 30.8 Å². The van der Waals surface area contributed by atoms with E-state index in [0.717, 1.165) is 30.5 Å². The lowest BCUT2D eigenvalue weighted by atomic mass is 10.1. The minimum Gasteiger partial charge on any atom is -0.496 e. The van der Waals surface area contributed by atoms with E-state index < -0.39 is 0 Å². The predicted molar refractivity (Wildman–Crippen MR) is 150 cm³/mol. The number of amides is 2. The van der Waals surface area contributed by atoms with E-state index in [9.17, 15) is 9.59 Å². The number of H-pyrrole nitrogens is 1. The van der Waals surface area contributed by atoms with Crippen LogP contribution in [0, 0.1) is 13.8 Å². The summed E-state index contributed by atoms with van der Waals surface area (Å²) in [6, 6.07) is 2.14. The predicted octanol–water partition coefficient (Wildman–Crippen LogP) is 3.02. The molecule has 5 rings (SSSR count). The number of nitrogens with zero attached hydrogens (tertiary/aromatic N) is 4. The molecule has 2 aliphatic rings. The van der Waals surface area contributed by atoms with Gasteiger partial charge < -0.3 is 26.1 Å². The average Bonchev–Trinajstić information content (AvgIpc) is 3.64. The van der Waals surface area contributed by atoms with Gasteiger partial charge in [0.2, 0.25) is 5.95 Å². The molecule has 0 spiro atoms. The number of halogens is 1. The number of nitrogens with one attached hydrogen (secondary N) is 3. The van der Waals surface area contributed by atoms with Crippen molar-refractivity contribution in [3.63, 3.8) is 0 Å². The molecular weight excluding hydrogens is 520 g/mol. The first-order valence-electron chi connectivity index (χ1n) is 12.8. The summed E-state index contributed by atoms with van der Waals surface area (Å²) in [6.07, 6.45) is 8.15. The molecule has 0 aromatic carbocycles. The number of methoxy groups -OCH3 is 1. The molecule has 2 amide bonds. The van der Waals surface area contributed by atoms with E-state index in [1.54, 1.807) is 31.6 Å². The zero-order valence-corrected chi connectivity index (χ0v) is 22.9. The summed E-state index contributed by atoms with van der Waals surface area (Å²) in [5.41, 5.74) is 9.94. The molecule has 1 atom stereocenters. The van der Waals surface area contributed by atoms with E-state index >= 15 is 0 Å².